The number of rotatable bonds is 12. The minimum absolute atomic E-state index is 0.0368. The van der Waals surface area contributed by atoms with Crippen molar-refractivity contribution >= 4 is 21.4 Å². The van der Waals surface area contributed by atoms with Crippen LogP contribution in [0.4, 0.5) is 0 Å². The molecule has 3 aromatic heterocycles. The van der Waals surface area contributed by atoms with Gasteiger partial charge in [0.05, 0.1) is 18.2 Å². The van der Waals surface area contributed by atoms with Crippen LogP contribution in [0.15, 0.2) is 47.7 Å². The summed E-state index contributed by atoms with van der Waals surface area (Å²) in [6, 6.07) is 4.15. The van der Waals surface area contributed by atoms with Gasteiger partial charge in [0.25, 0.3) is 5.56 Å². The van der Waals surface area contributed by atoms with Gasteiger partial charge in [0.1, 0.15) is 5.75 Å². The van der Waals surface area contributed by atoms with Crippen LogP contribution in [0.25, 0.3) is 21.2 Å². The molecule has 206 valence electrons. The summed E-state index contributed by atoms with van der Waals surface area (Å²) in [4.78, 5) is 21.4. The van der Waals surface area contributed by atoms with Gasteiger partial charge in [-0.2, -0.15) is 0 Å². The summed E-state index contributed by atoms with van der Waals surface area (Å²) in [6.45, 7) is 17.2. The van der Waals surface area contributed by atoms with Crippen molar-refractivity contribution in [3.8, 4) is 16.9 Å². The molecule has 38 heavy (non-hydrogen) atoms. The van der Waals surface area contributed by atoms with Crippen molar-refractivity contribution in [3.63, 3.8) is 0 Å². The number of hydrogen-bond acceptors (Lipinski definition) is 6. The number of pyridine rings is 2. The van der Waals surface area contributed by atoms with Gasteiger partial charge in [0, 0.05) is 65.4 Å². The van der Waals surface area contributed by atoms with Crippen molar-refractivity contribution in [3.05, 3.63) is 58.1 Å². The van der Waals surface area contributed by atoms with Crippen molar-refractivity contribution in [2.45, 2.75) is 71.9 Å². The van der Waals surface area contributed by atoms with Crippen LogP contribution in [0, 0.1) is 5.92 Å². The summed E-state index contributed by atoms with van der Waals surface area (Å²) >= 11 is 1.72. The third kappa shape index (κ3) is 6.93. The number of fused-ring (bicyclic) bond motifs is 1. The van der Waals surface area contributed by atoms with Gasteiger partial charge < -0.3 is 14.0 Å². The molecule has 0 atom stereocenters. The van der Waals surface area contributed by atoms with Crippen LogP contribution < -0.4 is 10.3 Å². The molecule has 0 aliphatic carbocycles. The molecular formula is C31H43N3O3S. The standard InChI is InChI=1S/C31H43N3O3S/c1-7-12-34(31(4,5)11-8-22(2)3)19-26-16-27-29(38-26)28(20-33(6)30(27)35)24-15-25(18-32-17-24)37-21-23-9-13-36-14-10-23/h15-18,20,23H,2,7-14,19,21H2,1,3-6H3. The van der Waals surface area contributed by atoms with E-state index in [-0.39, 0.29) is 11.1 Å². The lowest BCUT2D eigenvalue weighted by Crippen LogP contribution is -2.43. The summed E-state index contributed by atoms with van der Waals surface area (Å²) in [5.41, 5.74) is 3.28. The predicted octanol–water partition coefficient (Wildman–Crippen LogP) is 6.81. The Morgan fingerprint density at radius 2 is 2.05 bits per heavy atom. The molecule has 0 unspecified atom stereocenters. The van der Waals surface area contributed by atoms with Crippen LogP contribution in [-0.4, -0.2) is 46.4 Å². The van der Waals surface area contributed by atoms with Crippen LogP contribution in [0.5, 0.6) is 5.75 Å². The number of thiophene rings is 1. The van der Waals surface area contributed by atoms with Gasteiger partial charge in [-0.25, -0.2) is 0 Å². The van der Waals surface area contributed by atoms with Gasteiger partial charge in [-0.05, 0) is 77.5 Å². The topological polar surface area (TPSA) is 56.6 Å². The van der Waals surface area contributed by atoms with Crippen molar-refractivity contribution in [2.24, 2.45) is 13.0 Å². The molecule has 1 saturated heterocycles. The zero-order valence-electron chi connectivity index (χ0n) is 23.7. The van der Waals surface area contributed by atoms with E-state index in [0.29, 0.717) is 12.5 Å². The highest BCUT2D eigenvalue weighted by Gasteiger charge is 2.27. The van der Waals surface area contributed by atoms with Crippen LogP contribution >= 0.6 is 11.3 Å². The molecule has 0 aromatic carbocycles. The highest BCUT2D eigenvalue weighted by atomic mass is 32.1. The first-order chi connectivity index (χ1) is 18.2. The highest BCUT2D eigenvalue weighted by Crippen LogP contribution is 2.36. The summed E-state index contributed by atoms with van der Waals surface area (Å²) in [6.07, 6.45) is 10.8. The molecule has 7 heteroatoms. The molecular weight excluding hydrogens is 494 g/mol. The quantitative estimate of drug-likeness (QED) is 0.238. The predicted molar refractivity (Wildman–Crippen MR) is 158 cm³/mol. The normalized spacial score (nSPS) is 14.9. The van der Waals surface area contributed by atoms with E-state index < -0.39 is 0 Å². The van der Waals surface area contributed by atoms with E-state index in [0.717, 1.165) is 85.4 Å². The Balaban J connectivity index is 1.62. The molecule has 0 spiro atoms. The average molecular weight is 538 g/mol. The molecule has 1 fully saturated rings. The van der Waals surface area contributed by atoms with E-state index in [1.807, 2.05) is 19.4 Å². The van der Waals surface area contributed by atoms with Crippen LogP contribution in [-0.2, 0) is 18.3 Å². The maximum absolute atomic E-state index is 13.2. The van der Waals surface area contributed by atoms with Gasteiger partial charge in [-0.15, -0.1) is 17.9 Å². The first-order valence-electron chi connectivity index (χ1n) is 13.9. The number of allylic oxidation sites excluding steroid dienone is 1. The van der Waals surface area contributed by atoms with Gasteiger partial charge >= 0.3 is 0 Å². The zero-order chi connectivity index (χ0) is 27.3. The number of aryl methyl sites for hydroxylation is 1. The van der Waals surface area contributed by atoms with E-state index in [1.54, 1.807) is 22.1 Å². The summed E-state index contributed by atoms with van der Waals surface area (Å²) in [5.74, 6) is 1.28. The number of aromatic nitrogens is 2. The number of ether oxygens (including phenoxy) is 2. The third-order valence-corrected chi connectivity index (χ3v) is 8.76. The Labute approximate surface area is 231 Å². The molecule has 6 nitrogen and oxygen atoms in total. The zero-order valence-corrected chi connectivity index (χ0v) is 24.5. The van der Waals surface area contributed by atoms with Crippen LogP contribution in [0.3, 0.4) is 0 Å². The second-order valence-corrected chi connectivity index (χ2v) is 12.5. The summed E-state index contributed by atoms with van der Waals surface area (Å²) in [5, 5.41) is 0.773. The van der Waals surface area contributed by atoms with Crippen molar-refractivity contribution in [2.75, 3.05) is 26.4 Å². The van der Waals surface area contributed by atoms with E-state index >= 15 is 0 Å². The molecule has 0 saturated carbocycles. The van der Waals surface area contributed by atoms with Crippen molar-refractivity contribution in [1.82, 2.24) is 14.5 Å². The lowest BCUT2D eigenvalue weighted by Gasteiger charge is -2.38. The molecule has 0 N–H and O–H groups in total. The lowest BCUT2D eigenvalue weighted by molar-refractivity contribution is 0.0497. The molecule has 0 radical (unpaired) electrons. The maximum Gasteiger partial charge on any atom is 0.259 e. The SMILES string of the molecule is C=C(C)CCC(C)(C)N(CCC)Cc1cc2c(=O)n(C)cc(-c3cncc(OCC4CCOCC4)c3)c2s1. The molecule has 0 bridgehead atoms. The first-order valence-corrected chi connectivity index (χ1v) is 14.7. The smallest absolute Gasteiger partial charge is 0.259 e. The minimum atomic E-state index is 0.0368. The van der Waals surface area contributed by atoms with Crippen molar-refractivity contribution in [1.29, 1.82) is 0 Å². The van der Waals surface area contributed by atoms with Gasteiger partial charge in [-0.3, -0.25) is 14.7 Å². The maximum atomic E-state index is 13.2. The Morgan fingerprint density at radius 3 is 2.76 bits per heavy atom. The third-order valence-electron chi connectivity index (χ3n) is 7.61. The number of hydrogen-bond donors (Lipinski definition) is 0. The second-order valence-electron chi connectivity index (χ2n) is 11.4. The molecule has 1 aliphatic rings. The first kappa shape index (κ1) is 28.5. The summed E-state index contributed by atoms with van der Waals surface area (Å²) in [7, 11) is 1.83. The van der Waals surface area contributed by atoms with E-state index in [9.17, 15) is 4.79 Å². The van der Waals surface area contributed by atoms with Crippen LogP contribution in [0.1, 0.15) is 64.7 Å². The van der Waals surface area contributed by atoms with Gasteiger partial charge in [-0.1, -0.05) is 12.5 Å². The van der Waals surface area contributed by atoms with E-state index in [4.69, 9.17) is 9.47 Å². The molecule has 4 heterocycles. The van der Waals surface area contributed by atoms with E-state index in [1.165, 1.54) is 10.5 Å². The monoisotopic (exact) mass is 537 g/mol. The number of nitrogens with zero attached hydrogens (tertiary/aromatic N) is 3. The van der Waals surface area contributed by atoms with Crippen LogP contribution in [0.2, 0.25) is 0 Å². The fraction of sp³-hybridized carbons (Fsp3) is 0.548. The Kier molecular flexibility index (Phi) is 9.45. The van der Waals surface area contributed by atoms with Crippen molar-refractivity contribution < 1.29 is 9.47 Å². The fourth-order valence-electron chi connectivity index (χ4n) is 5.09. The Bertz CT molecular complexity index is 1300. The largest absolute Gasteiger partial charge is 0.492 e. The Morgan fingerprint density at radius 1 is 1.29 bits per heavy atom. The average Bonchev–Trinajstić information content (AvgIpc) is 3.33. The Hall–Kier alpha value is -2.48. The summed E-state index contributed by atoms with van der Waals surface area (Å²) < 4.78 is 14.3. The second kappa shape index (κ2) is 12.6. The van der Waals surface area contributed by atoms with E-state index in [2.05, 4.69) is 56.3 Å². The minimum Gasteiger partial charge on any atom is -0.492 e. The molecule has 3 aromatic rings. The molecule has 1 aliphatic heterocycles. The fourth-order valence-corrected chi connectivity index (χ4v) is 6.28. The lowest BCUT2D eigenvalue weighted by atomic mass is 9.93. The highest BCUT2D eigenvalue weighted by molar-refractivity contribution is 7.19. The molecule has 0 amide bonds. The molecule has 4 rings (SSSR count). The van der Waals surface area contributed by atoms with Gasteiger partial charge in [0.15, 0.2) is 0 Å². The van der Waals surface area contributed by atoms with Gasteiger partial charge in [0.2, 0.25) is 0 Å².